The molecule has 1 saturated carbocycles. The minimum absolute atomic E-state index is 0.0663. The summed E-state index contributed by atoms with van der Waals surface area (Å²) < 4.78 is 5.36. The maximum absolute atomic E-state index is 12.9. The monoisotopic (exact) mass is 365 g/mol. The number of halogens is 1. The Morgan fingerprint density at radius 3 is 2.00 bits per heavy atom. The van der Waals surface area contributed by atoms with Crippen molar-refractivity contribution in [1.29, 1.82) is 0 Å². The van der Waals surface area contributed by atoms with Crippen molar-refractivity contribution in [3.63, 3.8) is 0 Å². The van der Waals surface area contributed by atoms with Crippen LogP contribution in [0.4, 0.5) is 5.69 Å². The van der Waals surface area contributed by atoms with Crippen molar-refractivity contribution in [2.24, 2.45) is 5.92 Å². The molecule has 1 aromatic heterocycles. The van der Waals surface area contributed by atoms with E-state index in [0.717, 1.165) is 11.3 Å². The largest absolute Gasteiger partial charge is 0.461 e. The van der Waals surface area contributed by atoms with E-state index in [0.29, 0.717) is 10.8 Å². The molecular weight excluding hydrogens is 346 g/mol. The minimum Gasteiger partial charge on any atom is -0.461 e. The zero-order valence-electron chi connectivity index (χ0n) is 14.7. The SMILES string of the molecule is CN(C)c1ccc([C@H]2[C@@H](C(=O)c3ccco3)[C@H]2c2ccc(Cl)cc2)cc1. The van der Waals surface area contributed by atoms with Gasteiger partial charge in [-0.3, -0.25) is 4.79 Å². The molecule has 3 aromatic rings. The van der Waals surface area contributed by atoms with Crippen LogP contribution < -0.4 is 4.90 Å². The van der Waals surface area contributed by atoms with E-state index >= 15 is 0 Å². The molecule has 26 heavy (non-hydrogen) atoms. The number of nitrogens with zero attached hydrogens (tertiary/aromatic N) is 1. The Morgan fingerprint density at radius 2 is 1.50 bits per heavy atom. The van der Waals surface area contributed by atoms with Gasteiger partial charge in [-0.2, -0.15) is 0 Å². The zero-order chi connectivity index (χ0) is 18.3. The highest BCUT2D eigenvalue weighted by molar-refractivity contribution is 6.30. The molecule has 132 valence electrons. The van der Waals surface area contributed by atoms with E-state index in [1.807, 2.05) is 38.4 Å². The first-order valence-corrected chi connectivity index (χ1v) is 9.04. The molecule has 0 bridgehead atoms. The van der Waals surface area contributed by atoms with Gasteiger partial charge in [0.25, 0.3) is 0 Å². The van der Waals surface area contributed by atoms with E-state index in [-0.39, 0.29) is 23.5 Å². The van der Waals surface area contributed by atoms with Crippen molar-refractivity contribution >= 4 is 23.1 Å². The lowest BCUT2D eigenvalue weighted by Gasteiger charge is -2.12. The second-order valence-electron chi connectivity index (χ2n) is 6.96. The van der Waals surface area contributed by atoms with Gasteiger partial charge in [-0.25, -0.2) is 0 Å². The number of carbonyl (C=O) groups excluding carboxylic acids is 1. The topological polar surface area (TPSA) is 33.5 Å². The number of rotatable bonds is 5. The Bertz CT molecular complexity index is 898. The highest BCUT2D eigenvalue weighted by atomic mass is 35.5. The third-order valence-corrected chi connectivity index (χ3v) is 5.39. The van der Waals surface area contributed by atoms with Crippen LogP contribution in [0.3, 0.4) is 0 Å². The van der Waals surface area contributed by atoms with Gasteiger partial charge in [0, 0.05) is 42.6 Å². The molecule has 0 saturated heterocycles. The predicted molar refractivity (Wildman–Crippen MR) is 104 cm³/mol. The normalized spacial score (nSPS) is 21.4. The zero-order valence-corrected chi connectivity index (χ0v) is 15.5. The molecular formula is C22H20ClNO2. The standard InChI is InChI=1S/C22H20ClNO2/c1-24(2)17-11-7-15(8-12-17)20-19(14-5-9-16(23)10-6-14)21(20)22(25)18-4-3-13-26-18/h3-13,19-21H,1-2H3/t19-,20+,21-/m0/s1. The number of carbonyl (C=O) groups is 1. The summed E-state index contributed by atoms with van der Waals surface area (Å²) in [6.07, 6.45) is 1.55. The number of hydrogen-bond donors (Lipinski definition) is 0. The van der Waals surface area contributed by atoms with Crippen molar-refractivity contribution in [3.05, 3.63) is 88.8 Å². The molecule has 0 aliphatic heterocycles. The van der Waals surface area contributed by atoms with E-state index in [1.54, 1.807) is 18.4 Å². The van der Waals surface area contributed by atoms with Gasteiger partial charge in [-0.1, -0.05) is 35.9 Å². The molecule has 2 aromatic carbocycles. The van der Waals surface area contributed by atoms with E-state index in [4.69, 9.17) is 16.0 Å². The Balaban J connectivity index is 1.67. The fraction of sp³-hybridized carbons (Fsp3) is 0.227. The van der Waals surface area contributed by atoms with Crippen LogP contribution in [0.15, 0.2) is 71.3 Å². The van der Waals surface area contributed by atoms with Gasteiger partial charge in [0.15, 0.2) is 5.76 Å². The second-order valence-corrected chi connectivity index (χ2v) is 7.39. The molecule has 3 atom stereocenters. The van der Waals surface area contributed by atoms with E-state index in [9.17, 15) is 4.79 Å². The lowest BCUT2D eigenvalue weighted by atomic mass is 10.0. The van der Waals surface area contributed by atoms with Gasteiger partial charge >= 0.3 is 0 Å². The van der Waals surface area contributed by atoms with Crippen LogP contribution in [-0.2, 0) is 0 Å². The van der Waals surface area contributed by atoms with E-state index in [1.165, 1.54) is 5.56 Å². The van der Waals surface area contributed by atoms with E-state index < -0.39 is 0 Å². The van der Waals surface area contributed by atoms with Crippen LogP contribution in [0.1, 0.15) is 33.5 Å². The minimum atomic E-state index is -0.104. The van der Waals surface area contributed by atoms with Crippen LogP contribution in [0.5, 0.6) is 0 Å². The molecule has 4 rings (SSSR count). The highest BCUT2D eigenvalue weighted by Crippen LogP contribution is 2.61. The van der Waals surface area contributed by atoms with Crippen molar-refractivity contribution in [3.8, 4) is 0 Å². The van der Waals surface area contributed by atoms with Crippen LogP contribution in [0.25, 0.3) is 0 Å². The summed E-state index contributed by atoms with van der Waals surface area (Å²) in [6, 6.07) is 19.7. The van der Waals surface area contributed by atoms with Crippen molar-refractivity contribution in [2.45, 2.75) is 11.8 Å². The Labute approximate surface area is 158 Å². The predicted octanol–water partition coefficient (Wildman–Crippen LogP) is 5.38. The van der Waals surface area contributed by atoms with Crippen molar-refractivity contribution < 1.29 is 9.21 Å². The molecule has 0 spiro atoms. The number of ketones is 1. The smallest absolute Gasteiger partial charge is 0.202 e. The first-order valence-electron chi connectivity index (χ1n) is 8.67. The summed E-state index contributed by atoms with van der Waals surface area (Å²) in [7, 11) is 4.04. The summed E-state index contributed by atoms with van der Waals surface area (Å²) in [5.41, 5.74) is 3.47. The molecule has 1 aliphatic carbocycles. The molecule has 0 amide bonds. The van der Waals surface area contributed by atoms with Crippen LogP contribution in [0.2, 0.25) is 5.02 Å². The Kier molecular flexibility index (Phi) is 4.33. The van der Waals surface area contributed by atoms with Crippen LogP contribution in [0, 0.1) is 5.92 Å². The van der Waals surface area contributed by atoms with Crippen LogP contribution in [-0.4, -0.2) is 19.9 Å². The van der Waals surface area contributed by atoms with Crippen LogP contribution >= 0.6 is 11.6 Å². The molecule has 1 fully saturated rings. The lowest BCUT2D eigenvalue weighted by molar-refractivity contribution is 0.0935. The van der Waals surface area contributed by atoms with Gasteiger partial charge < -0.3 is 9.32 Å². The first kappa shape index (κ1) is 16.9. The third-order valence-electron chi connectivity index (χ3n) is 5.14. The summed E-state index contributed by atoms with van der Waals surface area (Å²) in [4.78, 5) is 15.0. The second kappa shape index (κ2) is 6.65. The molecule has 0 unspecified atom stereocenters. The third kappa shape index (κ3) is 3.04. The number of benzene rings is 2. The molecule has 4 heteroatoms. The fourth-order valence-corrected chi connectivity index (χ4v) is 3.86. The average molecular weight is 366 g/mol. The molecule has 1 aliphatic rings. The fourth-order valence-electron chi connectivity index (χ4n) is 3.73. The number of Topliss-reactive ketones (excluding diaryl/α,β-unsaturated/α-hetero) is 1. The average Bonchev–Trinajstić information content (AvgIpc) is 3.13. The van der Waals surface area contributed by atoms with E-state index in [2.05, 4.69) is 29.2 Å². The summed E-state index contributed by atoms with van der Waals surface area (Å²) in [6.45, 7) is 0. The molecule has 0 N–H and O–H groups in total. The number of furan rings is 1. The van der Waals surface area contributed by atoms with Gasteiger partial charge in [0.2, 0.25) is 5.78 Å². The molecule has 1 heterocycles. The summed E-state index contributed by atoms with van der Waals surface area (Å²) >= 11 is 6.03. The summed E-state index contributed by atoms with van der Waals surface area (Å²) in [5, 5.41) is 0.704. The maximum atomic E-state index is 12.9. The highest BCUT2D eigenvalue weighted by Gasteiger charge is 2.56. The van der Waals surface area contributed by atoms with Gasteiger partial charge in [0.1, 0.15) is 0 Å². The summed E-state index contributed by atoms with van der Waals surface area (Å²) in [5.74, 6) is 0.700. The van der Waals surface area contributed by atoms with Gasteiger partial charge in [-0.05, 0) is 47.5 Å². The Morgan fingerprint density at radius 1 is 0.923 bits per heavy atom. The van der Waals surface area contributed by atoms with Crippen molar-refractivity contribution in [2.75, 3.05) is 19.0 Å². The number of hydrogen-bond acceptors (Lipinski definition) is 3. The quantitative estimate of drug-likeness (QED) is 0.569. The molecule has 3 nitrogen and oxygen atoms in total. The van der Waals surface area contributed by atoms with Crippen molar-refractivity contribution in [1.82, 2.24) is 0 Å². The van der Waals surface area contributed by atoms with Gasteiger partial charge in [0.05, 0.1) is 6.26 Å². The molecule has 0 radical (unpaired) electrons. The van der Waals surface area contributed by atoms with Gasteiger partial charge in [-0.15, -0.1) is 0 Å². The Hall–Kier alpha value is -2.52. The first-order chi connectivity index (χ1) is 12.6. The maximum Gasteiger partial charge on any atom is 0.202 e. The lowest BCUT2D eigenvalue weighted by Crippen LogP contribution is -2.08. The number of anilines is 1.